The van der Waals surface area contributed by atoms with Crippen LogP contribution in [-0.2, 0) is 0 Å². The first-order valence-electron chi connectivity index (χ1n) is 5.90. The normalized spacial score (nSPS) is 10.2. The Bertz CT molecular complexity index is 732. The topological polar surface area (TPSA) is 72.2 Å². The molecule has 0 fully saturated rings. The lowest BCUT2D eigenvalue weighted by molar-refractivity contribution is -0.384. The summed E-state index contributed by atoms with van der Waals surface area (Å²) in [7, 11) is 0. The second-order valence-corrected chi connectivity index (χ2v) is 6.16. The second kappa shape index (κ2) is 6.36. The fourth-order valence-corrected chi connectivity index (χ4v) is 2.50. The number of halogens is 2. The molecule has 0 bridgehead atoms. The lowest BCUT2D eigenvalue weighted by Gasteiger charge is -2.09. The molecular formula is C14H10Br2N2O3. The van der Waals surface area contributed by atoms with Crippen LogP contribution in [0.4, 0.5) is 11.4 Å². The predicted molar refractivity (Wildman–Crippen MR) is 87.6 cm³/mol. The molecule has 0 aliphatic carbocycles. The number of carbonyl (C=O) groups excluding carboxylic acids is 1. The van der Waals surface area contributed by atoms with Gasteiger partial charge in [0.15, 0.2) is 0 Å². The van der Waals surface area contributed by atoms with Crippen LogP contribution in [0.5, 0.6) is 0 Å². The molecule has 1 N–H and O–H groups in total. The largest absolute Gasteiger partial charge is 0.316 e. The smallest absolute Gasteiger partial charge is 0.293 e. The van der Waals surface area contributed by atoms with Gasteiger partial charge in [0.1, 0.15) is 5.69 Å². The van der Waals surface area contributed by atoms with Gasteiger partial charge in [-0.3, -0.25) is 14.9 Å². The number of nitrogens with zero attached hydrogens (tertiary/aromatic N) is 1. The second-order valence-electron chi connectivity index (χ2n) is 4.33. The number of benzene rings is 2. The van der Waals surface area contributed by atoms with Crippen molar-refractivity contribution in [2.75, 3.05) is 5.32 Å². The van der Waals surface area contributed by atoms with E-state index in [1.54, 1.807) is 25.1 Å². The van der Waals surface area contributed by atoms with Gasteiger partial charge in [-0.05, 0) is 36.8 Å². The lowest BCUT2D eigenvalue weighted by atomic mass is 10.1. The molecule has 0 unspecified atom stereocenters. The van der Waals surface area contributed by atoms with Crippen molar-refractivity contribution in [2.24, 2.45) is 0 Å². The molecule has 0 saturated carbocycles. The minimum absolute atomic E-state index is 0.160. The van der Waals surface area contributed by atoms with Gasteiger partial charge in [0.2, 0.25) is 0 Å². The number of hydrogen-bond donors (Lipinski definition) is 1. The number of rotatable bonds is 3. The van der Waals surface area contributed by atoms with Crippen LogP contribution in [0.2, 0.25) is 0 Å². The van der Waals surface area contributed by atoms with E-state index in [-0.39, 0.29) is 17.3 Å². The fraction of sp³-hybridized carbons (Fsp3) is 0.0714. The van der Waals surface area contributed by atoms with Crippen molar-refractivity contribution in [2.45, 2.75) is 6.92 Å². The monoisotopic (exact) mass is 412 g/mol. The van der Waals surface area contributed by atoms with E-state index in [0.717, 1.165) is 10.0 Å². The summed E-state index contributed by atoms with van der Waals surface area (Å²) in [5, 5.41) is 13.6. The highest BCUT2D eigenvalue weighted by molar-refractivity contribution is 9.10. The molecule has 2 rings (SSSR count). The van der Waals surface area contributed by atoms with Gasteiger partial charge in [-0.1, -0.05) is 37.9 Å². The number of anilines is 1. The van der Waals surface area contributed by atoms with Crippen molar-refractivity contribution in [1.82, 2.24) is 0 Å². The summed E-state index contributed by atoms with van der Waals surface area (Å²) in [5.74, 6) is -0.390. The number of aryl methyl sites for hydroxylation is 1. The van der Waals surface area contributed by atoms with Crippen molar-refractivity contribution in [1.29, 1.82) is 0 Å². The van der Waals surface area contributed by atoms with Gasteiger partial charge in [0, 0.05) is 20.6 Å². The van der Waals surface area contributed by atoms with E-state index in [2.05, 4.69) is 37.2 Å². The van der Waals surface area contributed by atoms with Gasteiger partial charge in [-0.25, -0.2) is 0 Å². The van der Waals surface area contributed by atoms with Gasteiger partial charge < -0.3 is 5.32 Å². The number of nitro groups is 1. The highest BCUT2D eigenvalue weighted by atomic mass is 79.9. The molecule has 21 heavy (non-hydrogen) atoms. The van der Waals surface area contributed by atoms with E-state index >= 15 is 0 Å². The van der Waals surface area contributed by atoms with Crippen molar-refractivity contribution in [3.8, 4) is 0 Å². The summed E-state index contributed by atoms with van der Waals surface area (Å²) >= 11 is 6.48. The van der Waals surface area contributed by atoms with Crippen molar-refractivity contribution in [3.05, 3.63) is 66.6 Å². The number of nitro benzene ring substituents is 1. The van der Waals surface area contributed by atoms with Crippen LogP contribution in [0.3, 0.4) is 0 Å². The Hall–Kier alpha value is -1.73. The van der Waals surface area contributed by atoms with E-state index in [1.807, 2.05) is 6.07 Å². The Kier molecular flexibility index (Phi) is 4.74. The highest BCUT2D eigenvalue weighted by Crippen LogP contribution is 2.28. The average molecular weight is 414 g/mol. The van der Waals surface area contributed by atoms with Crippen LogP contribution >= 0.6 is 31.9 Å². The Morgan fingerprint density at radius 2 is 1.76 bits per heavy atom. The molecule has 0 aliphatic heterocycles. The molecule has 0 aromatic heterocycles. The van der Waals surface area contributed by atoms with Crippen molar-refractivity contribution < 1.29 is 9.72 Å². The fourth-order valence-electron chi connectivity index (χ4n) is 1.79. The maximum atomic E-state index is 12.3. The highest BCUT2D eigenvalue weighted by Gasteiger charge is 2.18. The Balaban J connectivity index is 2.36. The van der Waals surface area contributed by atoms with Crippen molar-refractivity contribution >= 4 is 49.1 Å². The third-order valence-electron chi connectivity index (χ3n) is 2.85. The van der Waals surface area contributed by atoms with Gasteiger partial charge in [0.05, 0.1) is 4.92 Å². The van der Waals surface area contributed by atoms with Crippen LogP contribution in [-0.4, -0.2) is 10.8 Å². The summed E-state index contributed by atoms with van der Waals surface area (Å²) in [6.07, 6.45) is 0. The van der Waals surface area contributed by atoms with E-state index in [4.69, 9.17) is 0 Å². The first kappa shape index (κ1) is 15.7. The number of hydrogen-bond acceptors (Lipinski definition) is 3. The molecular weight excluding hydrogens is 404 g/mol. The molecule has 2 aromatic rings. The van der Waals surface area contributed by atoms with Crippen LogP contribution in [0.1, 0.15) is 15.9 Å². The molecule has 0 aliphatic rings. The van der Waals surface area contributed by atoms with Gasteiger partial charge in [-0.15, -0.1) is 0 Å². The first-order valence-corrected chi connectivity index (χ1v) is 7.48. The molecule has 0 atom stereocenters. The molecule has 2 aromatic carbocycles. The number of carbonyl (C=O) groups is 1. The quantitative estimate of drug-likeness (QED) is 0.586. The minimum Gasteiger partial charge on any atom is -0.316 e. The zero-order valence-electron chi connectivity index (χ0n) is 10.9. The SMILES string of the molecule is Cc1ccc(Br)cc1C(=O)Nc1ccc(Br)cc1[N+](=O)[O-]. The minimum atomic E-state index is -0.534. The third kappa shape index (κ3) is 3.68. The predicted octanol–water partition coefficient (Wildman–Crippen LogP) is 4.68. The maximum absolute atomic E-state index is 12.3. The molecule has 108 valence electrons. The summed E-state index contributed by atoms with van der Waals surface area (Å²) < 4.78 is 1.34. The zero-order valence-corrected chi connectivity index (χ0v) is 14.1. The van der Waals surface area contributed by atoms with E-state index < -0.39 is 4.92 Å². The zero-order chi connectivity index (χ0) is 15.6. The standard InChI is InChI=1S/C14H10Br2N2O3/c1-8-2-3-9(15)6-11(8)14(19)17-12-5-4-10(16)7-13(12)18(20)21/h2-7H,1H3,(H,17,19). The van der Waals surface area contributed by atoms with Crippen molar-refractivity contribution in [3.63, 3.8) is 0 Å². The van der Waals surface area contributed by atoms with Crippen LogP contribution in [0.25, 0.3) is 0 Å². The number of nitrogens with one attached hydrogen (secondary N) is 1. The first-order chi connectivity index (χ1) is 9.88. The Morgan fingerprint density at radius 3 is 2.43 bits per heavy atom. The van der Waals surface area contributed by atoms with Crippen LogP contribution in [0.15, 0.2) is 45.3 Å². The van der Waals surface area contributed by atoms with E-state index in [1.165, 1.54) is 12.1 Å². The maximum Gasteiger partial charge on any atom is 0.293 e. The molecule has 1 amide bonds. The summed E-state index contributed by atoms with van der Waals surface area (Å²) in [6.45, 7) is 1.80. The number of amides is 1. The lowest BCUT2D eigenvalue weighted by Crippen LogP contribution is -2.14. The molecule has 0 radical (unpaired) electrons. The van der Waals surface area contributed by atoms with Gasteiger partial charge in [-0.2, -0.15) is 0 Å². The Labute approximate surface area is 137 Å². The Morgan fingerprint density at radius 1 is 1.14 bits per heavy atom. The molecule has 7 heteroatoms. The molecule has 0 spiro atoms. The van der Waals surface area contributed by atoms with Gasteiger partial charge >= 0.3 is 0 Å². The summed E-state index contributed by atoms with van der Waals surface area (Å²) in [5.41, 5.74) is 1.25. The molecule has 5 nitrogen and oxygen atoms in total. The van der Waals surface area contributed by atoms with E-state index in [0.29, 0.717) is 10.0 Å². The molecule has 0 heterocycles. The summed E-state index contributed by atoms with van der Waals surface area (Å²) in [6, 6.07) is 9.78. The summed E-state index contributed by atoms with van der Waals surface area (Å²) in [4.78, 5) is 22.8. The average Bonchev–Trinajstić information content (AvgIpc) is 2.43. The van der Waals surface area contributed by atoms with Gasteiger partial charge in [0.25, 0.3) is 11.6 Å². The van der Waals surface area contributed by atoms with Crippen LogP contribution < -0.4 is 5.32 Å². The molecule has 0 saturated heterocycles. The van der Waals surface area contributed by atoms with E-state index in [9.17, 15) is 14.9 Å². The third-order valence-corrected chi connectivity index (χ3v) is 3.84. The van der Waals surface area contributed by atoms with Crippen LogP contribution in [0, 0.1) is 17.0 Å².